The summed E-state index contributed by atoms with van der Waals surface area (Å²) >= 11 is 29.2. The van der Waals surface area contributed by atoms with Gasteiger partial charge < -0.3 is 25.9 Å². The molecule has 6 N–H and O–H groups in total. The number of halogens is 5. The Hall–Kier alpha value is -7.99. The van der Waals surface area contributed by atoms with Gasteiger partial charge in [0.15, 0.2) is 5.78 Å². The third kappa shape index (κ3) is 21.5. The summed E-state index contributed by atoms with van der Waals surface area (Å²) in [5.74, 6) is -2.01. The number of benzene rings is 5. The first-order valence-electron chi connectivity index (χ1n) is 22.1. The molecule has 7 aromatic rings. The molecule has 76 heavy (non-hydrogen) atoms. The van der Waals surface area contributed by atoms with Crippen LogP contribution >= 0.6 is 58.0 Å². The predicted octanol–water partition coefficient (Wildman–Crippen LogP) is 12.1. The van der Waals surface area contributed by atoms with Crippen LogP contribution in [0, 0.1) is 10.1 Å². The van der Waals surface area contributed by atoms with Crippen molar-refractivity contribution in [2.75, 3.05) is 5.73 Å². The number of aliphatic carboxylic acids is 2. The second-order valence-corrected chi connectivity index (χ2v) is 18.2. The van der Waals surface area contributed by atoms with E-state index in [9.17, 15) is 48.5 Å². The summed E-state index contributed by atoms with van der Waals surface area (Å²) in [4.78, 5) is 102. The average molecular weight is 1130 g/mol. The number of ketones is 4. The maximum atomic E-state index is 11.5. The first-order chi connectivity index (χ1) is 35.7. The first-order valence-corrected chi connectivity index (χ1v) is 24.0. The number of rotatable bonds is 13. The highest BCUT2D eigenvalue weighted by atomic mass is 35.5. The van der Waals surface area contributed by atoms with Crippen LogP contribution in [0.4, 0.5) is 11.4 Å². The molecule has 0 aliphatic heterocycles. The molecule has 0 saturated carbocycles. The molecule has 2 aromatic heterocycles. The van der Waals surface area contributed by atoms with Gasteiger partial charge in [0, 0.05) is 75.7 Å². The number of Topliss-reactive ketones (excluding diaryl/α,β-unsaturated/α-hetero) is 3. The number of nitro benzene ring substituents is 1. The third-order valence-electron chi connectivity index (χ3n) is 9.80. The molecule has 0 spiro atoms. The van der Waals surface area contributed by atoms with Crippen molar-refractivity contribution >= 4 is 144 Å². The molecule has 21 heteroatoms. The lowest BCUT2D eigenvalue weighted by Gasteiger charge is -2.04. The summed E-state index contributed by atoms with van der Waals surface area (Å²) in [5, 5.41) is 32.0. The highest BCUT2D eigenvalue weighted by Crippen LogP contribution is 2.27. The lowest BCUT2D eigenvalue weighted by Crippen LogP contribution is -2.05. The molecule has 0 radical (unpaired) electrons. The number of pyridine rings is 2. The van der Waals surface area contributed by atoms with Crippen LogP contribution in [0.2, 0.25) is 25.1 Å². The zero-order chi connectivity index (χ0) is 56.8. The van der Waals surface area contributed by atoms with E-state index in [1.807, 2.05) is 12.1 Å². The number of carbonyl (C=O) groups excluding carboxylic acids is 4. The summed E-state index contributed by atoms with van der Waals surface area (Å²) in [5.41, 5.74) is 9.76. The first kappa shape index (κ1) is 62.3. The quantitative estimate of drug-likeness (QED) is 0.0311. The van der Waals surface area contributed by atoms with Crippen molar-refractivity contribution in [3.05, 3.63) is 211 Å². The van der Waals surface area contributed by atoms with Crippen LogP contribution in [-0.2, 0) is 48.0 Å². The molecular weight excluding hydrogens is 1090 g/mol. The minimum atomic E-state index is -1.12. The van der Waals surface area contributed by atoms with Gasteiger partial charge in [-0.2, -0.15) is 0 Å². The van der Waals surface area contributed by atoms with E-state index in [-0.39, 0.29) is 51.4 Å². The standard InChI is InChI=1S/C13H13ClO2.C12H10ClNO2.C12H11ClO3.C9H7ClN2O.C9H6ClNO4/c1-9(15)3-4-11-5-6-13(14)12(8-11)7-10(2)16;1-7(15)4-9-5-8-2-3-14-12(16)10(8)6-11(9)13;1-8(14)6-10-7-9(2-4-11(10)13)3-5-12(15)16;10-7-4-6-5(3-8(7)11)1-2-12-9(6)13;10-7-3-1-6(2-4-9(12)13)5-8(7)11(14)15/h3-6,8H,7H2,1-2H3;2-3,5-6H,4H2,1H3,(H,14,16);2-5,7H,6H2,1H3,(H,15,16);1-4H,11H2,(H,12,13);1-5H,(H,12,13)/b4-3+;;5-3+;;4-2+. The van der Waals surface area contributed by atoms with Gasteiger partial charge >= 0.3 is 11.9 Å². The third-order valence-corrected chi connectivity index (χ3v) is 11.5. The number of nitro groups is 1. The number of allylic oxidation sites excluding steroid dienone is 1. The second-order valence-electron chi connectivity index (χ2n) is 16.2. The number of nitrogen functional groups attached to an aromatic ring is 1. The monoisotopic (exact) mass is 1130 g/mol. The van der Waals surface area contributed by atoms with Crippen molar-refractivity contribution in [1.29, 1.82) is 0 Å². The summed E-state index contributed by atoms with van der Waals surface area (Å²) in [6, 6.07) is 24.7. The van der Waals surface area contributed by atoms with Crippen molar-refractivity contribution in [2.24, 2.45) is 0 Å². The molecule has 0 aliphatic rings. The zero-order valence-electron chi connectivity index (χ0n) is 40.8. The number of nitrogens with zero attached hydrogens (tertiary/aromatic N) is 1. The highest BCUT2D eigenvalue weighted by molar-refractivity contribution is 6.34. The topological polar surface area (TPSA) is 278 Å². The lowest BCUT2D eigenvalue weighted by atomic mass is 10.0. The number of hydrogen-bond acceptors (Lipinski definition) is 11. The van der Waals surface area contributed by atoms with Crippen LogP contribution in [0.3, 0.4) is 0 Å². The molecule has 2 heterocycles. The summed E-state index contributed by atoms with van der Waals surface area (Å²) in [7, 11) is 0. The van der Waals surface area contributed by atoms with E-state index >= 15 is 0 Å². The van der Waals surface area contributed by atoms with E-state index in [0.29, 0.717) is 66.1 Å². The molecule has 0 saturated heterocycles. The summed E-state index contributed by atoms with van der Waals surface area (Å²) in [6.07, 6.45) is 11.9. The number of anilines is 1. The minimum absolute atomic E-state index is 0.0110. The van der Waals surface area contributed by atoms with E-state index < -0.39 is 16.9 Å². The van der Waals surface area contributed by atoms with Crippen LogP contribution in [0.15, 0.2) is 131 Å². The van der Waals surface area contributed by atoms with Crippen LogP contribution < -0.4 is 16.9 Å². The Bertz CT molecular complexity index is 3460. The number of aromatic amines is 2. The minimum Gasteiger partial charge on any atom is -0.478 e. The molecule has 394 valence electrons. The summed E-state index contributed by atoms with van der Waals surface area (Å²) in [6.45, 7) is 6.01. The largest absolute Gasteiger partial charge is 0.478 e. The van der Waals surface area contributed by atoms with E-state index in [1.165, 1.54) is 64.1 Å². The molecule has 16 nitrogen and oxygen atoms in total. The lowest BCUT2D eigenvalue weighted by molar-refractivity contribution is -0.384. The number of aromatic nitrogens is 2. The van der Waals surface area contributed by atoms with Gasteiger partial charge in [-0.25, -0.2) is 9.59 Å². The Morgan fingerprint density at radius 1 is 0.526 bits per heavy atom. The van der Waals surface area contributed by atoms with Crippen molar-refractivity contribution in [3.8, 4) is 0 Å². The van der Waals surface area contributed by atoms with E-state index in [2.05, 4.69) is 9.97 Å². The van der Waals surface area contributed by atoms with E-state index in [4.69, 9.17) is 74.0 Å². The second kappa shape index (κ2) is 30.4. The van der Waals surface area contributed by atoms with Crippen molar-refractivity contribution in [2.45, 2.75) is 47.0 Å². The summed E-state index contributed by atoms with van der Waals surface area (Å²) < 4.78 is 0. The van der Waals surface area contributed by atoms with Crippen LogP contribution in [0.25, 0.3) is 39.8 Å². The zero-order valence-corrected chi connectivity index (χ0v) is 44.6. The molecule has 0 unspecified atom stereocenters. The smallest absolute Gasteiger partial charge is 0.328 e. The average Bonchev–Trinajstić information content (AvgIpc) is 3.33. The molecule has 5 aromatic carbocycles. The Morgan fingerprint density at radius 3 is 1.32 bits per heavy atom. The predicted molar refractivity (Wildman–Crippen MR) is 301 cm³/mol. The van der Waals surface area contributed by atoms with Crippen LogP contribution in [0.1, 0.15) is 61.1 Å². The van der Waals surface area contributed by atoms with Gasteiger partial charge in [-0.15, -0.1) is 0 Å². The maximum absolute atomic E-state index is 11.5. The molecule has 0 bridgehead atoms. The van der Waals surface area contributed by atoms with E-state index in [0.717, 1.165) is 39.6 Å². The fourth-order valence-corrected chi connectivity index (χ4v) is 7.36. The van der Waals surface area contributed by atoms with Crippen LogP contribution in [-0.4, -0.2) is 60.2 Å². The molecular formula is C55H47Cl5N4O12. The van der Waals surface area contributed by atoms with Crippen molar-refractivity contribution < 1.29 is 43.9 Å². The normalized spacial score (nSPS) is 10.6. The van der Waals surface area contributed by atoms with Crippen LogP contribution in [0.5, 0.6) is 0 Å². The number of fused-ring (bicyclic) bond motifs is 2. The highest BCUT2D eigenvalue weighted by Gasteiger charge is 2.12. The van der Waals surface area contributed by atoms with Gasteiger partial charge in [0.1, 0.15) is 22.4 Å². The SMILES string of the molecule is CC(=O)/C=C/c1ccc(Cl)c(CC(C)=O)c1.CC(=O)Cc1cc(/C=C/C(=O)O)ccc1Cl.CC(=O)Cc1cc2cc[nH]c(=O)c2cc1Cl.Nc1cc2cc[nH]c(=O)c2cc1Cl.O=C(O)/C=C/c1ccc(Cl)c([N+](=O)[O-])c1. The molecule has 0 aliphatic carbocycles. The maximum Gasteiger partial charge on any atom is 0.328 e. The Kier molecular flexibility index (Phi) is 24.9. The van der Waals surface area contributed by atoms with Gasteiger partial charge in [-0.3, -0.25) is 38.9 Å². The molecule has 0 fully saturated rings. The number of carboxylic acid groups (broad SMARTS) is 2. The fourth-order valence-electron chi connectivity index (χ4n) is 6.41. The van der Waals surface area contributed by atoms with Gasteiger partial charge in [-0.1, -0.05) is 82.3 Å². The van der Waals surface area contributed by atoms with Crippen molar-refractivity contribution in [1.82, 2.24) is 9.97 Å². The Labute approximate surface area is 459 Å². The number of carboxylic acids is 2. The van der Waals surface area contributed by atoms with Gasteiger partial charge in [0.05, 0.1) is 15.6 Å². The number of nitrogens with one attached hydrogen (secondary N) is 2. The number of carbonyl (C=O) groups is 6. The van der Waals surface area contributed by atoms with E-state index in [1.54, 1.807) is 79.1 Å². The Morgan fingerprint density at radius 2 is 0.908 bits per heavy atom. The van der Waals surface area contributed by atoms with Crippen molar-refractivity contribution in [3.63, 3.8) is 0 Å². The number of hydrogen-bond donors (Lipinski definition) is 5. The van der Waals surface area contributed by atoms with Gasteiger partial charge in [0.25, 0.3) is 16.8 Å². The fraction of sp³-hybridized carbons (Fsp3) is 0.127. The molecule has 0 atom stereocenters. The number of H-pyrrole nitrogens is 2. The van der Waals surface area contributed by atoms with Gasteiger partial charge in [-0.05, 0) is 157 Å². The Balaban J connectivity index is 0.000000251. The van der Waals surface area contributed by atoms with Gasteiger partial charge in [0.2, 0.25) is 0 Å². The molecule has 0 amide bonds. The molecule has 7 rings (SSSR count). The number of nitrogens with two attached hydrogens (primary N) is 1.